The minimum Gasteiger partial charge on any atom is -0.469 e. The first kappa shape index (κ1) is 21.7. The second-order valence-corrected chi connectivity index (χ2v) is 8.11. The molecule has 1 aliphatic heterocycles. The first-order valence-corrected chi connectivity index (χ1v) is 11.1. The van der Waals surface area contributed by atoms with E-state index >= 15 is 0 Å². The number of carbonyl (C=O) groups excluding carboxylic acids is 1. The molecule has 1 fully saturated rings. The van der Waals surface area contributed by atoms with Gasteiger partial charge in [-0.15, -0.1) is 0 Å². The maximum atomic E-state index is 12.5. The zero-order valence-corrected chi connectivity index (χ0v) is 18.4. The molecule has 1 saturated heterocycles. The quantitative estimate of drug-likeness (QED) is 0.422. The molecule has 1 aromatic heterocycles. The highest BCUT2D eigenvalue weighted by atomic mass is 16.3. The number of likely N-dealkylation sites (tertiary alicyclic amines) is 1. The number of nitrogens with zero attached hydrogens (tertiary/aromatic N) is 2. The predicted octanol–water partition coefficient (Wildman–Crippen LogP) is 3.78. The van der Waals surface area contributed by atoms with Gasteiger partial charge in [0.15, 0.2) is 5.96 Å². The zero-order chi connectivity index (χ0) is 22.2. The Balaban J connectivity index is 1.42. The molecule has 2 N–H and O–H groups in total. The second kappa shape index (κ2) is 10.7. The summed E-state index contributed by atoms with van der Waals surface area (Å²) in [7, 11) is 1.89. The molecule has 1 amide bonds. The lowest BCUT2D eigenvalue weighted by molar-refractivity contribution is -0.127. The highest BCUT2D eigenvalue weighted by Crippen LogP contribution is 2.36. The predicted molar refractivity (Wildman–Crippen MR) is 126 cm³/mol. The summed E-state index contributed by atoms with van der Waals surface area (Å²) < 4.78 is 5.43. The van der Waals surface area contributed by atoms with E-state index in [-0.39, 0.29) is 17.9 Å². The lowest BCUT2D eigenvalue weighted by Crippen LogP contribution is -2.41. The first-order valence-electron chi connectivity index (χ1n) is 11.1. The molecule has 2 atom stereocenters. The highest BCUT2D eigenvalue weighted by molar-refractivity contribution is 5.81. The fourth-order valence-corrected chi connectivity index (χ4v) is 4.20. The fourth-order valence-electron chi connectivity index (χ4n) is 4.20. The van der Waals surface area contributed by atoms with Gasteiger partial charge in [-0.2, -0.15) is 0 Å². The van der Waals surface area contributed by atoms with Crippen molar-refractivity contribution in [1.82, 2.24) is 15.5 Å². The smallest absolute Gasteiger partial charge is 0.223 e. The van der Waals surface area contributed by atoms with Gasteiger partial charge in [-0.25, -0.2) is 4.99 Å². The van der Waals surface area contributed by atoms with Gasteiger partial charge in [0, 0.05) is 38.9 Å². The van der Waals surface area contributed by atoms with E-state index in [9.17, 15) is 4.79 Å². The number of amides is 1. The van der Waals surface area contributed by atoms with Crippen LogP contribution in [0.15, 0.2) is 88.5 Å². The number of hydrogen-bond acceptors (Lipinski definition) is 3. The molecule has 2 heterocycles. The molecule has 0 radical (unpaired) electrons. The number of nitrogens with one attached hydrogen (secondary N) is 2. The largest absolute Gasteiger partial charge is 0.469 e. The molecule has 6 nitrogen and oxygen atoms in total. The third-order valence-electron chi connectivity index (χ3n) is 5.87. The summed E-state index contributed by atoms with van der Waals surface area (Å²) in [6.07, 6.45) is 2.99. The number of benzene rings is 2. The maximum Gasteiger partial charge on any atom is 0.223 e. The summed E-state index contributed by atoms with van der Waals surface area (Å²) >= 11 is 0. The Morgan fingerprint density at radius 3 is 2.50 bits per heavy atom. The summed E-state index contributed by atoms with van der Waals surface area (Å²) in [6.45, 7) is 1.96. The number of carbonyl (C=O) groups is 1. The lowest BCUT2D eigenvalue weighted by Gasteiger charge is -2.26. The third-order valence-corrected chi connectivity index (χ3v) is 5.87. The van der Waals surface area contributed by atoms with Crippen LogP contribution in [0.25, 0.3) is 0 Å². The Hall–Kier alpha value is -3.54. The summed E-state index contributed by atoms with van der Waals surface area (Å²) in [5.74, 6) is 2.03. The average molecular weight is 431 g/mol. The van der Waals surface area contributed by atoms with Crippen molar-refractivity contribution < 1.29 is 9.21 Å². The summed E-state index contributed by atoms with van der Waals surface area (Å²) in [5, 5.41) is 6.89. The van der Waals surface area contributed by atoms with Crippen molar-refractivity contribution >= 4 is 11.9 Å². The van der Waals surface area contributed by atoms with Gasteiger partial charge in [-0.05, 0) is 23.3 Å². The molecule has 2 unspecified atom stereocenters. The van der Waals surface area contributed by atoms with Gasteiger partial charge in [0.05, 0.1) is 18.8 Å². The number of aliphatic imine (C=N–C) groups is 1. The van der Waals surface area contributed by atoms with Crippen LogP contribution in [0.2, 0.25) is 0 Å². The van der Waals surface area contributed by atoms with E-state index < -0.39 is 0 Å². The van der Waals surface area contributed by atoms with E-state index in [4.69, 9.17) is 9.41 Å². The van der Waals surface area contributed by atoms with Crippen molar-refractivity contribution in [3.8, 4) is 0 Å². The van der Waals surface area contributed by atoms with Crippen molar-refractivity contribution in [3.63, 3.8) is 0 Å². The zero-order valence-electron chi connectivity index (χ0n) is 18.4. The van der Waals surface area contributed by atoms with Gasteiger partial charge in [-0.3, -0.25) is 4.79 Å². The van der Waals surface area contributed by atoms with Crippen LogP contribution in [0.4, 0.5) is 0 Å². The van der Waals surface area contributed by atoms with Crippen LogP contribution in [0, 0.1) is 5.92 Å². The first-order chi connectivity index (χ1) is 15.7. The second-order valence-electron chi connectivity index (χ2n) is 8.11. The van der Waals surface area contributed by atoms with Gasteiger partial charge >= 0.3 is 0 Å². The van der Waals surface area contributed by atoms with E-state index in [0.29, 0.717) is 26.1 Å². The van der Waals surface area contributed by atoms with Gasteiger partial charge in [-0.1, -0.05) is 60.7 Å². The Labute approximate surface area is 189 Å². The molecule has 3 aromatic rings. The van der Waals surface area contributed by atoms with Gasteiger partial charge in [0.25, 0.3) is 0 Å². The lowest BCUT2D eigenvalue weighted by atomic mass is 9.94. The highest BCUT2D eigenvalue weighted by Gasteiger charge is 2.38. The molecule has 0 saturated carbocycles. The van der Waals surface area contributed by atoms with Crippen LogP contribution < -0.4 is 10.6 Å². The van der Waals surface area contributed by atoms with Crippen LogP contribution in [-0.2, 0) is 17.8 Å². The molecule has 166 valence electrons. The molecule has 4 rings (SSSR count). The van der Waals surface area contributed by atoms with Crippen molar-refractivity contribution in [2.24, 2.45) is 10.9 Å². The van der Waals surface area contributed by atoms with Crippen LogP contribution in [0.5, 0.6) is 0 Å². The minimum absolute atomic E-state index is 0.0645. The molecule has 0 spiro atoms. The fraction of sp³-hybridized carbons (Fsp3) is 0.308. The van der Waals surface area contributed by atoms with Crippen LogP contribution in [-0.4, -0.2) is 36.9 Å². The monoisotopic (exact) mass is 430 g/mol. The number of rotatable bonds is 8. The molecule has 1 aliphatic rings. The summed E-state index contributed by atoms with van der Waals surface area (Å²) in [6, 6.07) is 24.4. The third kappa shape index (κ3) is 5.58. The van der Waals surface area contributed by atoms with E-state index in [1.165, 1.54) is 5.56 Å². The summed E-state index contributed by atoms with van der Waals surface area (Å²) in [5.41, 5.74) is 2.32. The number of hydrogen-bond donors (Lipinski definition) is 2. The normalized spacial score (nSPS) is 18.7. The average Bonchev–Trinajstić information content (AvgIpc) is 3.44. The molecule has 0 bridgehead atoms. The topological polar surface area (TPSA) is 69.9 Å². The van der Waals surface area contributed by atoms with Gasteiger partial charge < -0.3 is 20.0 Å². The van der Waals surface area contributed by atoms with Gasteiger partial charge in [0.2, 0.25) is 5.91 Å². The van der Waals surface area contributed by atoms with Crippen molar-refractivity contribution in [3.05, 3.63) is 95.9 Å². The number of guanidine groups is 1. The minimum atomic E-state index is 0.0645. The molecule has 6 heteroatoms. The Morgan fingerprint density at radius 1 is 1.03 bits per heavy atom. The Kier molecular flexibility index (Phi) is 7.23. The molecule has 2 aromatic carbocycles. The van der Waals surface area contributed by atoms with Crippen molar-refractivity contribution in [1.29, 1.82) is 0 Å². The Bertz CT molecular complexity index is 1000. The van der Waals surface area contributed by atoms with Crippen LogP contribution >= 0.6 is 0 Å². The van der Waals surface area contributed by atoms with E-state index in [1.54, 1.807) is 6.26 Å². The maximum absolute atomic E-state index is 12.5. The molecular formula is C26H30N4O2. The van der Waals surface area contributed by atoms with Crippen molar-refractivity contribution in [2.75, 3.05) is 20.1 Å². The molecular weight excluding hydrogens is 400 g/mol. The number of furan rings is 1. The SMILES string of the molecule is CN1C(=O)CC(CNC(=NCc2ccccc2)NCCc2ccco2)C1c1ccccc1. The molecule has 0 aliphatic carbocycles. The van der Waals surface area contributed by atoms with E-state index in [0.717, 1.165) is 23.7 Å². The van der Waals surface area contributed by atoms with E-state index in [2.05, 4.69) is 34.9 Å². The van der Waals surface area contributed by atoms with E-state index in [1.807, 2.05) is 60.5 Å². The van der Waals surface area contributed by atoms with Crippen molar-refractivity contribution in [2.45, 2.75) is 25.4 Å². The van der Waals surface area contributed by atoms with Gasteiger partial charge in [0.1, 0.15) is 5.76 Å². The Morgan fingerprint density at radius 2 is 1.78 bits per heavy atom. The van der Waals surface area contributed by atoms with Crippen LogP contribution in [0.3, 0.4) is 0 Å². The summed E-state index contributed by atoms with van der Waals surface area (Å²) in [4.78, 5) is 19.1. The van der Waals surface area contributed by atoms with Crippen LogP contribution in [0.1, 0.15) is 29.3 Å². The molecule has 32 heavy (non-hydrogen) atoms. The standard InChI is InChI=1S/C26H30N4O2/c1-30-24(31)17-22(25(30)21-11-6-3-7-12-21)19-29-26(27-15-14-23-13-8-16-32-23)28-18-20-9-4-2-5-10-20/h2-13,16,22,25H,14-15,17-19H2,1H3,(H2,27,28,29).